The van der Waals surface area contributed by atoms with Crippen molar-refractivity contribution < 1.29 is 5.11 Å². The molecule has 4 atom stereocenters. The van der Waals surface area contributed by atoms with Crippen molar-refractivity contribution in [3.8, 4) is 36.4 Å². The number of allylic oxidation sites excluding steroid dienone is 4. The number of nitrogens with two attached hydrogens (primary N) is 2. The van der Waals surface area contributed by atoms with Crippen LogP contribution in [0.1, 0.15) is 108 Å². The highest BCUT2D eigenvalue weighted by Crippen LogP contribution is 2.56. The minimum absolute atomic E-state index is 0.0865. The number of benzene rings is 2. The maximum Gasteiger partial charge on any atom is 0.191 e. The average Bonchev–Trinajstić information content (AvgIpc) is 3.26. The summed E-state index contributed by atoms with van der Waals surface area (Å²) in [5.74, 6) is -0.352. The van der Waals surface area contributed by atoms with Gasteiger partial charge in [0.05, 0.1) is 46.8 Å². The molecule has 0 amide bonds. The molecule has 0 radical (unpaired) electrons. The van der Waals surface area contributed by atoms with Crippen LogP contribution in [0.4, 0.5) is 0 Å². The van der Waals surface area contributed by atoms with Gasteiger partial charge in [-0.05, 0) is 79.9 Å². The highest BCUT2D eigenvalue weighted by Gasteiger charge is 2.56. The van der Waals surface area contributed by atoms with Gasteiger partial charge in [-0.15, -0.1) is 0 Å². The van der Waals surface area contributed by atoms with E-state index in [1.54, 1.807) is 6.92 Å². The SMILES string of the molecule is CC(C)c1ccc(C2C3CN(C(C)C)CC=C3C(C#N)=C(N)C2(C#N)C#N)cc1.CC(C)c1ccc(C2C3CN(C(C)C)CC=C3C(C#N)=C(N)C2(C#N)C#N)cc1.CCO. The molecule has 2 aliphatic heterocycles. The number of nitrogens with zero attached hydrogens (tertiary/aromatic N) is 8. The molecule has 2 aromatic rings. The van der Waals surface area contributed by atoms with E-state index in [-0.39, 0.29) is 29.8 Å². The molecule has 4 unspecified atom stereocenters. The average molecular weight is 817 g/mol. The normalized spacial score (nSPS) is 22.9. The van der Waals surface area contributed by atoms with Crippen molar-refractivity contribution in [2.75, 3.05) is 32.8 Å². The Bertz CT molecular complexity index is 2110. The summed E-state index contributed by atoms with van der Waals surface area (Å²) >= 11 is 0. The van der Waals surface area contributed by atoms with Gasteiger partial charge in [0.25, 0.3) is 0 Å². The summed E-state index contributed by atoms with van der Waals surface area (Å²) in [5.41, 5.74) is 16.3. The Balaban J connectivity index is 0.000000252. The van der Waals surface area contributed by atoms with E-state index in [9.17, 15) is 31.6 Å². The molecule has 0 fully saturated rings. The third kappa shape index (κ3) is 8.85. The largest absolute Gasteiger partial charge is 0.399 e. The van der Waals surface area contributed by atoms with Gasteiger partial charge in [-0.2, -0.15) is 31.6 Å². The Hall–Kier alpha value is -6.18. The maximum atomic E-state index is 10.1. The second-order valence-electron chi connectivity index (χ2n) is 17.4. The number of aliphatic hydroxyl groups is 1. The zero-order chi connectivity index (χ0) is 45.4. The van der Waals surface area contributed by atoms with Gasteiger partial charge in [0.2, 0.25) is 0 Å². The molecule has 6 rings (SSSR count). The minimum atomic E-state index is -1.56. The van der Waals surface area contributed by atoms with Crippen LogP contribution in [0.15, 0.2) is 94.4 Å². The van der Waals surface area contributed by atoms with Crippen LogP contribution in [0.2, 0.25) is 0 Å². The first-order valence-corrected chi connectivity index (χ1v) is 21.2. The van der Waals surface area contributed by atoms with Gasteiger partial charge >= 0.3 is 0 Å². The second-order valence-corrected chi connectivity index (χ2v) is 17.4. The molecule has 0 aromatic heterocycles. The van der Waals surface area contributed by atoms with E-state index in [4.69, 9.17) is 16.6 Å². The quantitative estimate of drug-likeness (QED) is 0.254. The van der Waals surface area contributed by atoms with Crippen LogP contribution in [0.5, 0.6) is 0 Å². The molecule has 61 heavy (non-hydrogen) atoms. The van der Waals surface area contributed by atoms with Crippen molar-refractivity contribution in [3.05, 3.63) is 117 Å². The van der Waals surface area contributed by atoms with Crippen molar-refractivity contribution in [1.82, 2.24) is 9.80 Å². The molecule has 0 saturated carbocycles. The van der Waals surface area contributed by atoms with E-state index in [0.717, 1.165) is 35.4 Å². The summed E-state index contributed by atoms with van der Waals surface area (Å²) < 4.78 is 0. The van der Waals surface area contributed by atoms with E-state index in [1.165, 1.54) is 11.1 Å². The van der Waals surface area contributed by atoms with Gasteiger partial charge in [-0.1, -0.05) is 88.4 Å². The Labute approximate surface area is 363 Å². The van der Waals surface area contributed by atoms with E-state index < -0.39 is 22.7 Å². The fourth-order valence-electron chi connectivity index (χ4n) is 9.18. The molecule has 2 heterocycles. The number of fused-ring (bicyclic) bond motifs is 2. The molecule has 2 aromatic carbocycles. The fraction of sp³-hybridized carbons (Fsp3) is 0.480. The van der Waals surface area contributed by atoms with E-state index in [0.29, 0.717) is 48.2 Å². The molecule has 11 heteroatoms. The predicted octanol–water partition coefficient (Wildman–Crippen LogP) is 7.89. The Morgan fingerprint density at radius 2 is 0.885 bits per heavy atom. The Morgan fingerprint density at radius 3 is 1.11 bits per heavy atom. The number of nitriles is 6. The third-order valence-electron chi connectivity index (χ3n) is 12.8. The van der Waals surface area contributed by atoms with Gasteiger partial charge < -0.3 is 16.6 Å². The summed E-state index contributed by atoms with van der Waals surface area (Å²) in [5, 5.41) is 67.7. The molecule has 4 aliphatic rings. The van der Waals surface area contributed by atoms with Crippen LogP contribution in [0.3, 0.4) is 0 Å². The zero-order valence-corrected chi connectivity index (χ0v) is 37.1. The molecule has 11 nitrogen and oxygen atoms in total. The molecule has 2 aliphatic carbocycles. The highest BCUT2D eigenvalue weighted by molar-refractivity contribution is 5.61. The number of hydrogen-bond donors (Lipinski definition) is 3. The Kier molecular flexibility index (Phi) is 15.5. The van der Waals surface area contributed by atoms with Crippen molar-refractivity contribution in [3.63, 3.8) is 0 Å². The van der Waals surface area contributed by atoms with Crippen molar-refractivity contribution in [1.29, 1.82) is 31.6 Å². The van der Waals surface area contributed by atoms with Gasteiger partial charge in [-0.3, -0.25) is 9.80 Å². The fourth-order valence-corrected chi connectivity index (χ4v) is 9.18. The summed E-state index contributed by atoms with van der Waals surface area (Å²) in [6.45, 7) is 21.8. The van der Waals surface area contributed by atoms with Crippen LogP contribution >= 0.6 is 0 Å². The summed E-state index contributed by atoms with van der Waals surface area (Å²) in [6.07, 6.45) is 4.10. The molecule has 316 valence electrons. The van der Waals surface area contributed by atoms with E-state index in [1.807, 2.05) is 36.4 Å². The van der Waals surface area contributed by atoms with Gasteiger partial charge in [0.1, 0.15) is 12.1 Å². The Morgan fingerprint density at radius 1 is 0.590 bits per heavy atom. The lowest BCUT2D eigenvalue weighted by molar-refractivity contribution is 0.174. The molecule has 0 bridgehead atoms. The van der Waals surface area contributed by atoms with Crippen LogP contribution < -0.4 is 11.5 Å². The monoisotopic (exact) mass is 816 g/mol. The number of rotatable bonds is 6. The smallest absolute Gasteiger partial charge is 0.191 e. The first-order chi connectivity index (χ1) is 29.0. The number of aliphatic hydroxyl groups excluding tert-OH is 1. The van der Waals surface area contributed by atoms with Gasteiger partial charge in [0, 0.05) is 68.5 Å². The molecule has 0 saturated heterocycles. The van der Waals surface area contributed by atoms with Crippen molar-refractivity contribution >= 4 is 0 Å². The first kappa shape index (κ1) is 47.5. The van der Waals surface area contributed by atoms with Gasteiger partial charge in [-0.25, -0.2) is 0 Å². The lowest BCUT2D eigenvalue weighted by Gasteiger charge is -2.46. The molecular weight excluding hydrogens is 757 g/mol. The standard InChI is InChI=1S/2C24H27N5.C2H6O/c2*1-15(2)17-5-7-18(8-6-17)22-21-12-29(16(3)4)10-9-19(21)20(11-25)23(28)24(22,13-26)14-27;1-2-3/h2*5-9,15-16,21-22H,10,12,28H2,1-4H3;3H,2H2,1H3. The van der Waals surface area contributed by atoms with Crippen molar-refractivity contribution in [2.24, 2.45) is 34.1 Å². The number of hydrogen-bond acceptors (Lipinski definition) is 11. The third-order valence-corrected chi connectivity index (χ3v) is 12.8. The van der Waals surface area contributed by atoms with Gasteiger partial charge in [0.15, 0.2) is 10.8 Å². The summed E-state index contributed by atoms with van der Waals surface area (Å²) in [6, 6.07) is 30.1. The topological polar surface area (TPSA) is 221 Å². The minimum Gasteiger partial charge on any atom is -0.399 e. The van der Waals surface area contributed by atoms with Crippen LogP contribution in [0, 0.1) is 90.7 Å². The lowest BCUT2D eigenvalue weighted by Crippen LogP contribution is -2.49. The highest BCUT2D eigenvalue weighted by atomic mass is 16.2. The molecule has 0 spiro atoms. The second kappa shape index (κ2) is 19.9. The predicted molar refractivity (Wildman–Crippen MR) is 237 cm³/mol. The van der Waals surface area contributed by atoms with Crippen LogP contribution in [0.25, 0.3) is 0 Å². The lowest BCUT2D eigenvalue weighted by atomic mass is 9.58. The summed E-state index contributed by atoms with van der Waals surface area (Å²) in [7, 11) is 0. The van der Waals surface area contributed by atoms with E-state index in [2.05, 4.69) is 126 Å². The summed E-state index contributed by atoms with van der Waals surface area (Å²) in [4.78, 5) is 4.61. The first-order valence-electron chi connectivity index (χ1n) is 21.2. The van der Waals surface area contributed by atoms with Crippen LogP contribution in [-0.2, 0) is 0 Å². The maximum absolute atomic E-state index is 10.1. The van der Waals surface area contributed by atoms with Crippen LogP contribution in [-0.4, -0.2) is 59.8 Å². The molecule has 5 N–H and O–H groups in total. The van der Waals surface area contributed by atoms with Crippen molar-refractivity contribution in [2.45, 2.75) is 98.1 Å². The molecular formula is C50H60N10O. The zero-order valence-electron chi connectivity index (χ0n) is 37.1. The van der Waals surface area contributed by atoms with E-state index >= 15 is 0 Å².